The van der Waals surface area contributed by atoms with Crippen LogP contribution in [-0.4, -0.2) is 19.3 Å². The number of ether oxygens (including phenoxy) is 1. The van der Waals surface area contributed by atoms with Crippen LogP contribution in [0.3, 0.4) is 0 Å². The Balaban J connectivity index is 1.85. The number of carbonyl (C=O) groups is 2. The summed E-state index contributed by atoms with van der Waals surface area (Å²) in [4.78, 5) is 26.4. The minimum atomic E-state index is -0.947. The molecule has 2 aliphatic rings. The molecular formula is C28H25NO3. The van der Waals surface area contributed by atoms with Gasteiger partial charge in [0.25, 0.3) is 0 Å². The number of amides is 1. The molecule has 1 amide bonds. The van der Waals surface area contributed by atoms with Crippen LogP contribution < -0.4 is 10.1 Å². The second kappa shape index (κ2) is 7.79. The largest absolute Gasteiger partial charge is 0.497 e. The van der Waals surface area contributed by atoms with E-state index in [1.807, 2.05) is 72.8 Å². The van der Waals surface area contributed by atoms with Crippen LogP contribution in [0.2, 0.25) is 0 Å². The highest BCUT2D eigenvalue weighted by Crippen LogP contribution is 2.61. The molecule has 0 saturated heterocycles. The molecule has 1 N–H and O–H groups in total. The zero-order chi connectivity index (χ0) is 22.3. The minimum Gasteiger partial charge on any atom is -0.497 e. The fraction of sp³-hybridized carbons (Fsp3) is 0.214. The number of hydrogen-bond acceptors (Lipinski definition) is 3. The van der Waals surface area contributed by atoms with Crippen molar-refractivity contribution in [2.24, 2.45) is 5.92 Å². The highest BCUT2D eigenvalue weighted by molar-refractivity contribution is 6.09. The third kappa shape index (κ3) is 2.83. The SMILES string of the molecule is COc1ccc([C@@H]2C(C=O)=C[C@H](C)[C@@H](c3ccccc3)[C@@]23C(=O)Nc2ccccc23)cc1. The van der Waals surface area contributed by atoms with Gasteiger partial charge in [-0.25, -0.2) is 0 Å². The Morgan fingerprint density at radius 2 is 1.59 bits per heavy atom. The fourth-order valence-corrected chi connectivity index (χ4v) is 5.84. The van der Waals surface area contributed by atoms with E-state index in [2.05, 4.69) is 24.4 Å². The van der Waals surface area contributed by atoms with Crippen LogP contribution in [0.1, 0.15) is 35.4 Å². The second-order valence-electron chi connectivity index (χ2n) is 8.61. The summed E-state index contributed by atoms with van der Waals surface area (Å²) in [6, 6.07) is 25.8. The second-order valence-corrected chi connectivity index (χ2v) is 8.61. The average molecular weight is 424 g/mol. The van der Waals surface area contributed by atoms with Crippen LogP contribution in [0.15, 0.2) is 90.5 Å². The number of anilines is 1. The molecule has 0 bridgehead atoms. The van der Waals surface area contributed by atoms with Crippen molar-refractivity contribution in [3.05, 3.63) is 107 Å². The van der Waals surface area contributed by atoms with Crippen LogP contribution in [0, 0.1) is 5.92 Å². The summed E-state index contributed by atoms with van der Waals surface area (Å²) in [5, 5.41) is 3.14. The zero-order valence-corrected chi connectivity index (χ0v) is 18.1. The highest BCUT2D eigenvalue weighted by atomic mass is 16.5. The molecule has 4 atom stereocenters. The van der Waals surface area contributed by atoms with E-state index in [4.69, 9.17) is 4.74 Å². The Bertz CT molecular complexity index is 1200. The van der Waals surface area contributed by atoms with Gasteiger partial charge in [-0.2, -0.15) is 0 Å². The monoisotopic (exact) mass is 423 g/mol. The van der Waals surface area contributed by atoms with Crippen molar-refractivity contribution in [1.29, 1.82) is 0 Å². The Kier molecular flexibility index (Phi) is 4.93. The number of allylic oxidation sites excluding steroid dienone is 2. The summed E-state index contributed by atoms with van der Waals surface area (Å²) in [5.41, 5.74) is 3.46. The van der Waals surface area contributed by atoms with E-state index in [-0.39, 0.29) is 17.7 Å². The molecular weight excluding hydrogens is 398 g/mol. The number of aldehydes is 1. The summed E-state index contributed by atoms with van der Waals surface area (Å²) in [6.07, 6.45) is 2.96. The van der Waals surface area contributed by atoms with E-state index in [1.165, 1.54) is 0 Å². The summed E-state index contributed by atoms with van der Waals surface area (Å²) in [5.74, 6) is 0.107. The van der Waals surface area contributed by atoms with Gasteiger partial charge in [0.15, 0.2) is 0 Å². The lowest BCUT2D eigenvalue weighted by atomic mass is 9.52. The van der Waals surface area contributed by atoms with Gasteiger partial charge in [-0.1, -0.05) is 73.7 Å². The van der Waals surface area contributed by atoms with E-state index < -0.39 is 11.3 Å². The Hall–Kier alpha value is -3.66. The van der Waals surface area contributed by atoms with Gasteiger partial charge in [0, 0.05) is 17.5 Å². The van der Waals surface area contributed by atoms with Gasteiger partial charge in [-0.05, 0) is 46.4 Å². The molecule has 1 aliphatic heterocycles. The van der Waals surface area contributed by atoms with E-state index in [0.717, 1.165) is 34.4 Å². The molecule has 0 saturated carbocycles. The Labute approximate surface area is 187 Å². The van der Waals surface area contributed by atoms with Crippen molar-refractivity contribution in [3.63, 3.8) is 0 Å². The topological polar surface area (TPSA) is 55.4 Å². The van der Waals surface area contributed by atoms with Crippen LogP contribution in [-0.2, 0) is 15.0 Å². The number of fused-ring (bicyclic) bond motifs is 2. The average Bonchev–Trinajstić information content (AvgIpc) is 3.11. The molecule has 0 radical (unpaired) electrons. The molecule has 5 rings (SSSR count). The molecule has 3 aromatic rings. The lowest BCUT2D eigenvalue weighted by Crippen LogP contribution is -2.50. The van der Waals surface area contributed by atoms with Gasteiger partial charge in [-0.3, -0.25) is 9.59 Å². The predicted molar refractivity (Wildman–Crippen MR) is 125 cm³/mol. The van der Waals surface area contributed by atoms with Gasteiger partial charge >= 0.3 is 0 Å². The molecule has 0 unspecified atom stereocenters. The van der Waals surface area contributed by atoms with Crippen LogP contribution in [0.25, 0.3) is 0 Å². The molecule has 160 valence electrons. The number of methoxy groups -OCH3 is 1. The zero-order valence-electron chi connectivity index (χ0n) is 18.1. The number of benzene rings is 3. The van der Waals surface area contributed by atoms with Crippen LogP contribution >= 0.6 is 0 Å². The van der Waals surface area contributed by atoms with Gasteiger partial charge in [0.05, 0.1) is 12.5 Å². The third-order valence-electron chi connectivity index (χ3n) is 7.00. The minimum absolute atomic E-state index is 0.0102. The highest BCUT2D eigenvalue weighted by Gasteiger charge is 2.61. The molecule has 4 nitrogen and oxygen atoms in total. The van der Waals surface area contributed by atoms with Gasteiger partial charge in [0.1, 0.15) is 12.0 Å². The lowest BCUT2D eigenvalue weighted by molar-refractivity contribution is -0.123. The molecule has 1 heterocycles. The van der Waals surface area contributed by atoms with Crippen molar-refractivity contribution in [2.45, 2.75) is 24.2 Å². The molecule has 4 heteroatoms. The number of para-hydroxylation sites is 1. The first-order valence-electron chi connectivity index (χ1n) is 10.9. The first-order chi connectivity index (χ1) is 15.6. The van der Waals surface area contributed by atoms with Gasteiger partial charge in [-0.15, -0.1) is 0 Å². The standard InChI is InChI=1S/C28H25NO3/c1-18-16-21(17-30)26(20-12-14-22(32-2)15-13-20)28(25(18)19-8-4-3-5-9-19)23-10-6-7-11-24(23)29-27(28)31/h3-18,25-26H,1-2H3,(H,29,31)/t18-,25-,26+,28+/m0/s1. The smallest absolute Gasteiger partial charge is 0.236 e. The molecule has 32 heavy (non-hydrogen) atoms. The fourth-order valence-electron chi connectivity index (χ4n) is 5.84. The quantitative estimate of drug-likeness (QED) is 0.585. The third-order valence-corrected chi connectivity index (χ3v) is 7.00. The van der Waals surface area contributed by atoms with E-state index in [9.17, 15) is 9.59 Å². The number of nitrogens with one attached hydrogen (secondary N) is 1. The number of carbonyl (C=O) groups excluding carboxylic acids is 2. The van der Waals surface area contributed by atoms with Gasteiger partial charge in [0.2, 0.25) is 5.91 Å². The van der Waals surface area contributed by atoms with Crippen molar-refractivity contribution in [3.8, 4) is 5.75 Å². The summed E-state index contributed by atoms with van der Waals surface area (Å²) in [6.45, 7) is 2.10. The number of rotatable bonds is 4. The summed E-state index contributed by atoms with van der Waals surface area (Å²) >= 11 is 0. The van der Waals surface area contributed by atoms with Crippen molar-refractivity contribution in [2.75, 3.05) is 12.4 Å². The Morgan fingerprint density at radius 1 is 0.906 bits per heavy atom. The van der Waals surface area contributed by atoms with Crippen LogP contribution in [0.4, 0.5) is 5.69 Å². The van der Waals surface area contributed by atoms with Crippen molar-refractivity contribution in [1.82, 2.24) is 0 Å². The molecule has 0 fully saturated rings. The maximum atomic E-state index is 14.0. The summed E-state index contributed by atoms with van der Waals surface area (Å²) in [7, 11) is 1.63. The normalized spacial score (nSPS) is 26.2. The van der Waals surface area contributed by atoms with Gasteiger partial charge < -0.3 is 10.1 Å². The first kappa shape index (κ1) is 20.3. The van der Waals surface area contributed by atoms with E-state index in [0.29, 0.717) is 5.57 Å². The first-order valence-corrected chi connectivity index (χ1v) is 10.9. The van der Waals surface area contributed by atoms with E-state index in [1.54, 1.807) is 7.11 Å². The van der Waals surface area contributed by atoms with Crippen LogP contribution in [0.5, 0.6) is 5.75 Å². The molecule has 3 aromatic carbocycles. The Morgan fingerprint density at radius 3 is 2.28 bits per heavy atom. The number of hydrogen-bond donors (Lipinski definition) is 1. The predicted octanol–water partition coefficient (Wildman–Crippen LogP) is 5.23. The maximum absolute atomic E-state index is 14.0. The van der Waals surface area contributed by atoms with E-state index >= 15 is 0 Å². The van der Waals surface area contributed by atoms with Crippen molar-refractivity contribution < 1.29 is 14.3 Å². The van der Waals surface area contributed by atoms with Crippen molar-refractivity contribution >= 4 is 17.9 Å². The summed E-state index contributed by atoms with van der Waals surface area (Å²) < 4.78 is 5.35. The molecule has 1 spiro atoms. The lowest BCUT2D eigenvalue weighted by Gasteiger charge is -2.48. The molecule has 1 aliphatic carbocycles. The molecule has 0 aromatic heterocycles. The maximum Gasteiger partial charge on any atom is 0.236 e.